The van der Waals surface area contributed by atoms with Crippen LogP contribution in [0.4, 0.5) is 5.69 Å². The van der Waals surface area contributed by atoms with E-state index in [-0.39, 0.29) is 12.5 Å². The summed E-state index contributed by atoms with van der Waals surface area (Å²) < 4.78 is 0. The Hall–Kier alpha value is -1.47. The van der Waals surface area contributed by atoms with Gasteiger partial charge in [-0.25, -0.2) is 0 Å². The maximum absolute atomic E-state index is 12.9. The lowest BCUT2D eigenvalue weighted by molar-refractivity contribution is -0.120. The van der Waals surface area contributed by atoms with Gasteiger partial charge in [-0.1, -0.05) is 17.7 Å². The average molecular weight is 347 g/mol. The normalized spacial score (nSPS) is 22.5. The summed E-state index contributed by atoms with van der Waals surface area (Å²) in [5, 5.41) is 19.3. The second-order valence-corrected chi connectivity index (χ2v) is 7.19. The number of carbonyl (C=O) groups excluding carboxylic acids is 1. The fourth-order valence-corrected chi connectivity index (χ4v) is 3.87. The molecule has 6 heteroatoms. The van der Waals surface area contributed by atoms with Gasteiger partial charge in [-0.05, 0) is 31.4 Å². The Labute approximate surface area is 149 Å². The highest BCUT2D eigenvalue weighted by Gasteiger charge is 2.27. The van der Waals surface area contributed by atoms with E-state index in [1.807, 2.05) is 14.7 Å². The number of aliphatic hydroxyl groups is 2. The molecule has 1 fully saturated rings. The fraction of sp³-hybridized carbons (Fsp3) is 0.632. The number of rotatable bonds is 4. The Morgan fingerprint density at radius 1 is 1.20 bits per heavy atom. The summed E-state index contributed by atoms with van der Waals surface area (Å²) in [6.07, 6.45) is 1.53. The number of hydrogen-bond donors (Lipinski definition) is 2. The van der Waals surface area contributed by atoms with Crippen LogP contribution in [-0.2, 0) is 11.2 Å². The highest BCUT2D eigenvalue weighted by molar-refractivity contribution is 5.96. The maximum Gasteiger partial charge on any atom is 0.241 e. The predicted octanol–water partition coefficient (Wildman–Crippen LogP) is 0.245. The van der Waals surface area contributed by atoms with Crippen molar-refractivity contribution in [2.75, 3.05) is 57.3 Å². The number of aliphatic hydroxyl groups excluding tert-OH is 2. The van der Waals surface area contributed by atoms with Crippen LogP contribution < -0.4 is 4.90 Å². The summed E-state index contributed by atoms with van der Waals surface area (Å²) in [4.78, 5) is 18.9. The van der Waals surface area contributed by atoms with Crippen molar-refractivity contribution < 1.29 is 15.0 Å². The zero-order valence-electron chi connectivity index (χ0n) is 15.0. The fourth-order valence-electron chi connectivity index (χ4n) is 3.87. The molecule has 1 aromatic carbocycles. The molecule has 6 nitrogen and oxygen atoms in total. The number of anilines is 1. The number of benzene rings is 1. The molecule has 2 N–H and O–H groups in total. The molecule has 0 unspecified atom stereocenters. The minimum Gasteiger partial charge on any atom is -0.395 e. The number of carbonyl (C=O) groups is 1. The van der Waals surface area contributed by atoms with Crippen molar-refractivity contribution >= 4 is 11.6 Å². The van der Waals surface area contributed by atoms with E-state index in [1.165, 1.54) is 11.1 Å². The molecule has 0 spiro atoms. The van der Waals surface area contributed by atoms with Gasteiger partial charge in [0.1, 0.15) is 0 Å². The molecular weight excluding hydrogens is 318 g/mol. The van der Waals surface area contributed by atoms with Crippen molar-refractivity contribution in [1.29, 1.82) is 0 Å². The van der Waals surface area contributed by atoms with Gasteiger partial charge >= 0.3 is 0 Å². The van der Waals surface area contributed by atoms with Gasteiger partial charge in [0.2, 0.25) is 5.91 Å². The Morgan fingerprint density at radius 3 is 2.76 bits per heavy atom. The maximum atomic E-state index is 12.9. The van der Waals surface area contributed by atoms with Crippen molar-refractivity contribution in [2.24, 2.45) is 0 Å². The zero-order valence-corrected chi connectivity index (χ0v) is 15.0. The van der Waals surface area contributed by atoms with Crippen molar-refractivity contribution in [3.05, 3.63) is 29.3 Å². The lowest BCUT2D eigenvalue weighted by Crippen LogP contribution is -2.45. The minimum atomic E-state index is -0.488. The van der Waals surface area contributed by atoms with Crippen LogP contribution in [0.3, 0.4) is 0 Å². The molecule has 2 heterocycles. The number of β-amino-alcohol motifs (C(OH)–C–C–N with tert-alkyl or cyclic N) is 2. The molecule has 25 heavy (non-hydrogen) atoms. The average Bonchev–Trinajstić information content (AvgIpc) is 2.75. The topological polar surface area (TPSA) is 67.3 Å². The molecule has 1 amide bonds. The van der Waals surface area contributed by atoms with Crippen molar-refractivity contribution in [1.82, 2.24) is 9.80 Å². The van der Waals surface area contributed by atoms with E-state index >= 15 is 0 Å². The SMILES string of the molecule is Cc1ccc2c(c1)CCCN2C(=O)CN1CCN(CCO)C[C@H](O)C1. The second kappa shape index (κ2) is 8.27. The molecule has 0 aliphatic carbocycles. The Balaban J connectivity index is 1.65. The first-order valence-electron chi connectivity index (χ1n) is 9.20. The van der Waals surface area contributed by atoms with Gasteiger partial charge in [0.05, 0.1) is 19.3 Å². The van der Waals surface area contributed by atoms with Crippen LogP contribution in [0.25, 0.3) is 0 Å². The Bertz CT molecular complexity index is 608. The Morgan fingerprint density at radius 2 is 1.96 bits per heavy atom. The first-order valence-corrected chi connectivity index (χ1v) is 9.20. The van der Waals surface area contributed by atoms with E-state index in [2.05, 4.69) is 25.1 Å². The lowest BCUT2D eigenvalue weighted by atomic mass is 9.99. The van der Waals surface area contributed by atoms with Gasteiger partial charge in [-0.3, -0.25) is 14.6 Å². The van der Waals surface area contributed by atoms with Gasteiger partial charge in [-0.15, -0.1) is 0 Å². The molecule has 138 valence electrons. The lowest BCUT2D eigenvalue weighted by Gasteiger charge is -2.32. The van der Waals surface area contributed by atoms with Gasteiger partial charge in [0.25, 0.3) is 0 Å². The highest BCUT2D eigenvalue weighted by atomic mass is 16.3. The quantitative estimate of drug-likeness (QED) is 0.817. The van der Waals surface area contributed by atoms with E-state index in [9.17, 15) is 9.90 Å². The smallest absolute Gasteiger partial charge is 0.241 e. The van der Waals surface area contributed by atoms with Gasteiger partial charge in [0.15, 0.2) is 0 Å². The van der Waals surface area contributed by atoms with Crippen molar-refractivity contribution in [3.63, 3.8) is 0 Å². The molecule has 1 atom stereocenters. The van der Waals surface area contributed by atoms with Crippen LogP contribution in [0.2, 0.25) is 0 Å². The number of aryl methyl sites for hydroxylation is 2. The third-order valence-electron chi connectivity index (χ3n) is 5.10. The monoisotopic (exact) mass is 347 g/mol. The van der Waals surface area contributed by atoms with Crippen LogP contribution in [-0.4, -0.2) is 84.4 Å². The third-order valence-corrected chi connectivity index (χ3v) is 5.10. The van der Waals surface area contributed by atoms with Crippen LogP contribution >= 0.6 is 0 Å². The first-order chi connectivity index (χ1) is 12.1. The minimum absolute atomic E-state index is 0.0929. The Kier molecular flexibility index (Phi) is 6.06. The van der Waals surface area contributed by atoms with E-state index in [0.717, 1.165) is 38.2 Å². The molecule has 1 saturated heterocycles. The van der Waals surface area contributed by atoms with Crippen LogP contribution in [0.15, 0.2) is 18.2 Å². The van der Waals surface area contributed by atoms with E-state index < -0.39 is 6.10 Å². The van der Waals surface area contributed by atoms with Crippen molar-refractivity contribution in [2.45, 2.75) is 25.9 Å². The van der Waals surface area contributed by atoms with Crippen LogP contribution in [0, 0.1) is 6.92 Å². The molecule has 2 aliphatic rings. The largest absolute Gasteiger partial charge is 0.395 e. The molecule has 0 aromatic heterocycles. The summed E-state index contributed by atoms with van der Waals surface area (Å²) in [6, 6.07) is 6.30. The number of fused-ring (bicyclic) bond motifs is 1. The highest BCUT2D eigenvalue weighted by Crippen LogP contribution is 2.28. The summed E-state index contributed by atoms with van der Waals surface area (Å²) in [6.45, 7) is 6.39. The van der Waals surface area contributed by atoms with Gasteiger partial charge in [-0.2, -0.15) is 0 Å². The van der Waals surface area contributed by atoms with Crippen molar-refractivity contribution in [3.8, 4) is 0 Å². The number of amides is 1. The zero-order chi connectivity index (χ0) is 17.8. The standard InChI is InChI=1S/C19H29N3O3/c1-15-4-5-18-16(11-15)3-2-6-22(18)19(25)14-21-8-7-20(9-10-23)12-17(24)13-21/h4-5,11,17,23-24H,2-3,6-10,12-14H2,1H3/t17-/m0/s1. The predicted molar refractivity (Wildman–Crippen MR) is 97.8 cm³/mol. The van der Waals surface area contributed by atoms with Crippen LogP contribution in [0.1, 0.15) is 17.5 Å². The molecule has 0 radical (unpaired) electrons. The molecular formula is C19H29N3O3. The first kappa shape index (κ1) is 18.3. The van der Waals surface area contributed by atoms with Gasteiger partial charge < -0.3 is 15.1 Å². The summed E-state index contributed by atoms with van der Waals surface area (Å²) in [5.41, 5.74) is 3.52. The van der Waals surface area contributed by atoms with E-state index in [0.29, 0.717) is 26.2 Å². The third kappa shape index (κ3) is 4.58. The van der Waals surface area contributed by atoms with E-state index in [1.54, 1.807) is 0 Å². The summed E-state index contributed by atoms with van der Waals surface area (Å²) in [7, 11) is 0. The van der Waals surface area contributed by atoms with Crippen LogP contribution in [0.5, 0.6) is 0 Å². The number of nitrogens with zero attached hydrogens (tertiary/aromatic N) is 3. The summed E-state index contributed by atoms with van der Waals surface area (Å²) >= 11 is 0. The second-order valence-electron chi connectivity index (χ2n) is 7.19. The molecule has 0 bridgehead atoms. The number of hydrogen-bond acceptors (Lipinski definition) is 5. The summed E-state index contributed by atoms with van der Waals surface area (Å²) in [5.74, 6) is 0.104. The molecule has 1 aromatic rings. The molecule has 0 saturated carbocycles. The molecule has 3 rings (SSSR count). The molecule has 2 aliphatic heterocycles. The van der Waals surface area contributed by atoms with Gasteiger partial charge in [0, 0.05) is 45.0 Å². The van der Waals surface area contributed by atoms with E-state index in [4.69, 9.17) is 5.11 Å².